The van der Waals surface area contributed by atoms with Gasteiger partial charge in [-0.2, -0.15) is 5.26 Å². The molecule has 3 amide bonds. The van der Waals surface area contributed by atoms with E-state index in [-0.39, 0.29) is 5.57 Å². The first kappa shape index (κ1) is 21.1. The number of imide groups is 1. The number of hydrogen-bond donors (Lipinski definition) is 1. The van der Waals surface area contributed by atoms with Gasteiger partial charge >= 0.3 is 6.03 Å². The summed E-state index contributed by atoms with van der Waals surface area (Å²) in [5.41, 5.74) is 2.69. The van der Waals surface area contributed by atoms with Gasteiger partial charge in [0.15, 0.2) is 5.78 Å². The van der Waals surface area contributed by atoms with Crippen molar-refractivity contribution in [3.8, 4) is 6.07 Å². The van der Waals surface area contributed by atoms with E-state index in [1.807, 2.05) is 60.7 Å². The van der Waals surface area contributed by atoms with Crippen LogP contribution in [0.15, 0.2) is 66.0 Å². The fourth-order valence-corrected chi connectivity index (χ4v) is 4.16. The number of Topliss-reactive ketones (excluding diaryl/α,β-unsaturated/α-hetero) is 1. The summed E-state index contributed by atoms with van der Waals surface area (Å²) in [6, 6.07) is 17.9. The van der Waals surface area contributed by atoms with E-state index < -0.39 is 30.3 Å². The maximum atomic E-state index is 13.0. The summed E-state index contributed by atoms with van der Waals surface area (Å²) in [4.78, 5) is 42.6. The third kappa shape index (κ3) is 3.69. The van der Waals surface area contributed by atoms with E-state index in [2.05, 4.69) is 5.32 Å². The number of ketones is 1. The van der Waals surface area contributed by atoms with Gasteiger partial charge in [-0.15, -0.1) is 0 Å². The number of hydrogen-bond acceptors (Lipinski definition) is 6. The lowest BCUT2D eigenvalue weighted by Gasteiger charge is -2.20. The van der Waals surface area contributed by atoms with Gasteiger partial charge in [-0.25, -0.2) is 4.79 Å². The van der Waals surface area contributed by atoms with Gasteiger partial charge in [-0.05, 0) is 30.5 Å². The monoisotopic (exact) mass is 429 g/mol. The van der Waals surface area contributed by atoms with Gasteiger partial charge < -0.3 is 15.1 Å². The number of nitriles is 1. The van der Waals surface area contributed by atoms with Crippen molar-refractivity contribution in [2.45, 2.75) is 18.9 Å². The van der Waals surface area contributed by atoms with E-state index in [0.717, 1.165) is 21.8 Å². The van der Waals surface area contributed by atoms with Gasteiger partial charge in [0.2, 0.25) is 0 Å². The summed E-state index contributed by atoms with van der Waals surface area (Å²) in [5.74, 6) is -0.606. The number of amides is 3. The molecule has 0 bridgehead atoms. The number of rotatable bonds is 6. The Hall–Kier alpha value is -4.12. The molecule has 162 valence electrons. The van der Waals surface area contributed by atoms with Crippen LogP contribution in [0.2, 0.25) is 0 Å². The first-order valence-electron chi connectivity index (χ1n) is 10.3. The van der Waals surface area contributed by atoms with Crippen LogP contribution in [0.4, 0.5) is 16.2 Å². The molecular formula is C24H23N5O3. The van der Waals surface area contributed by atoms with E-state index in [9.17, 15) is 19.6 Å². The van der Waals surface area contributed by atoms with Gasteiger partial charge in [0, 0.05) is 14.1 Å². The summed E-state index contributed by atoms with van der Waals surface area (Å²) >= 11 is 0. The average Bonchev–Trinajstić information content (AvgIpc) is 3.22. The lowest BCUT2D eigenvalue weighted by atomic mass is 10.1. The van der Waals surface area contributed by atoms with Crippen molar-refractivity contribution in [3.63, 3.8) is 0 Å². The molecule has 0 aliphatic carbocycles. The SMILES string of the molecule is CN1C(=C(C#N)C(=O)CN2C(=O)NC(CCc3ccccc3)C2=O)N(C)c2ccccc21. The molecule has 2 heterocycles. The number of benzene rings is 2. The van der Waals surface area contributed by atoms with E-state index in [1.165, 1.54) is 0 Å². The van der Waals surface area contributed by atoms with Crippen molar-refractivity contribution < 1.29 is 14.4 Å². The highest BCUT2D eigenvalue weighted by Crippen LogP contribution is 2.40. The molecule has 2 aromatic carbocycles. The molecule has 1 fully saturated rings. The normalized spacial score (nSPS) is 17.3. The average molecular weight is 429 g/mol. The maximum absolute atomic E-state index is 13.0. The molecule has 0 aromatic heterocycles. The van der Waals surface area contributed by atoms with Crippen molar-refractivity contribution in [2.24, 2.45) is 0 Å². The third-order valence-electron chi connectivity index (χ3n) is 5.83. The molecule has 8 nitrogen and oxygen atoms in total. The number of anilines is 2. The Kier molecular flexibility index (Phi) is 5.65. The number of nitrogens with zero attached hydrogens (tertiary/aromatic N) is 4. The third-order valence-corrected chi connectivity index (χ3v) is 5.83. The van der Waals surface area contributed by atoms with E-state index in [4.69, 9.17) is 0 Å². The van der Waals surface area contributed by atoms with Crippen LogP contribution in [-0.4, -0.2) is 49.3 Å². The molecule has 8 heteroatoms. The summed E-state index contributed by atoms with van der Waals surface area (Å²) in [6.45, 7) is -0.475. The number of nitrogens with one attached hydrogen (secondary N) is 1. The van der Waals surface area contributed by atoms with Crippen molar-refractivity contribution >= 4 is 29.1 Å². The number of carbonyl (C=O) groups excluding carboxylic acids is 3. The van der Waals surface area contributed by atoms with Crippen LogP contribution in [-0.2, 0) is 16.0 Å². The first-order valence-corrected chi connectivity index (χ1v) is 10.3. The zero-order valence-corrected chi connectivity index (χ0v) is 17.9. The van der Waals surface area contributed by atoms with Crippen molar-refractivity contribution in [3.05, 3.63) is 71.6 Å². The van der Waals surface area contributed by atoms with Crippen LogP contribution in [0.3, 0.4) is 0 Å². The van der Waals surface area contributed by atoms with Gasteiger partial charge in [-0.1, -0.05) is 42.5 Å². The molecule has 2 aliphatic rings. The highest BCUT2D eigenvalue weighted by Gasteiger charge is 2.40. The molecule has 4 rings (SSSR count). The molecule has 1 unspecified atom stereocenters. The molecule has 0 saturated carbocycles. The van der Waals surface area contributed by atoms with Gasteiger partial charge in [0.1, 0.15) is 23.5 Å². The minimum absolute atomic E-state index is 0.0977. The number of fused-ring (bicyclic) bond motifs is 1. The van der Waals surface area contributed by atoms with E-state index >= 15 is 0 Å². The standard InChI is InChI=1S/C24H23N5O3/c1-27-19-10-6-7-11-20(19)28(2)22(27)17(14-25)21(30)15-29-23(31)18(26-24(29)32)13-12-16-8-4-3-5-9-16/h3-11,18H,12-13,15H2,1-2H3,(H,26,32). The minimum atomic E-state index is -0.685. The molecular weight excluding hydrogens is 406 g/mol. The highest BCUT2D eigenvalue weighted by molar-refractivity contribution is 6.11. The smallest absolute Gasteiger partial charge is 0.325 e. The van der Waals surface area contributed by atoms with E-state index in [1.54, 1.807) is 23.9 Å². The molecule has 32 heavy (non-hydrogen) atoms. The quantitative estimate of drug-likeness (QED) is 0.430. The van der Waals surface area contributed by atoms with Crippen LogP contribution in [0, 0.1) is 11.3 Å². The van der Waals surface area contributed by atoms with Gasteiger partial charge in [0.05, 0.1) is 17.9 Å². The lowest BCUT2D eigenvalue weighted by molar-refractivity contribution is -0.130. The summed E-state index contributed by atoms with van der Waals surface area (Å²) < 4.78 is 0. The Bertz CT molecular complexity index is 1120. The van der Waals surface area contributed by atoms with Crippen molar-refractivity contribution in [1.82, 2.24) is 10.2 Å². The Morgan fingerprint density at radius 1 is 1.00 bits per heavy atom. The Morgan fingerprint density at radius 3 is 2.19 bits per heavy atom. The fraction of sp³-hybridized carbons (Fsp3) is 0.250. The van der Waals surface area contributed by atoms with Crippen LogP contribution < -0.4 is 15.1 Å². The lowest BCUT2D eigenvalue weighted by Crippen LogP contribution is -2.38. The second-order valence-corrected chi connectivity index (χ2v) is 7.79. The second kappa shape index (κ2) is 8.55. The van der Waals surface area contributed by atoms with Crippen molar-refractivity contribution in [1.29, 1.82) is 5.26 Å². The van der Waals surface area contributed by atoms with Gasteiger partial charge in [0.25, 0.3) is 5.91 Å². The predicted molar refractivity (Wildman–Crippen MR) is 120 cm³/mol. The zero-order chi connectivity index (χ0) is 22.8. The highest BCUT2D eigenvalue weighted by atomic mass is 16.2. The van der Waals surface area contributed by atoms with Gasteiger partial charge in [-0.3, -0.25) is 14.5 Å². The van der Waals surface area contributed by atoms with Crippen LogP contribution in [0.25, 0.3) is 0 Å². The predicted octanol–water partition coefficient (Wildman–Crippen LogP) is 2.43. The molecule has 1 atom stereocenters. The molecule has 2 aromatic rings. The summed E-state index contributed by atoms with van der Waals surface area (Å²) in [6.07, 6.45) is 1.06. The van der Waals surface area contributed by atoms with Crippen molar-refractivity contribution in [2.75, 3.05) is 30.4 Å². The van der Waals surface area contributed by atoms with Crippen LogP contribution in [0.1, 0.15) is 12.0 Å². The Morgan fingerprint density at radius 2 is 1.59 bits per heavy atom. The molecule has 2 aliphatic heterocycles. The fourth-order valence-electron chi connectivity index (χ4n) is 4.16. The number of carbonyl (C=O) groups is 3. The number of urea groups is 1. The summed E-state index contributed by atoms with van der Waals surface area (Å²) in [7, 11) is 3.55. The molecule has 0 spiro atoms. The maximum Gasteiger partial charge on any atom is 0.325 e. The molecule has 1 saturated heterocycles. The minimum Gasteiger partial charge on any atom is -0.328 e. The largest absolute Gasteiger partial charge is 0.328 e. The topological polar surface area (TPSA) is 96.7 Å². The first-order chi connectivity index (χ1) is 15.4. The Balaban J connectivity index is 1.49. The van der Waals surface area contributed by atoms with E-state index in [0.29, 0.717) is 18.7 Å². The zero-order valence-electron chi connectivity index (χ0n) is 17.9. The number of para-hydroxylation sites is 2. The van der Waals surface area contributed by atoms with Crippen LogP contribution in [0.5, 0.6) is 0 Å². The number of aryl methyl sites for hydroxylation is 1. The van der Waals surface area contributed by atoms with Crippen LogP contribution >= 0.6 is 0 Å². The molecule has 1 N–H and O–H groups in total. The molecule has 0 radical (unpaired) electrons. The summed E-state index contributed by atoms with van der Waals surface area (Å²) in [5, 5.41) is 12.4. The Labute approximate surface area is 186 Å². The second-order valence-electron chi connectivity index (χ2n) is 7.79.